The van der Waals surface area contributed by atoms with Crippen molar-refractivity contribution in [2.45, 2.75) is 20.0 Å². The van der Waals surface area contributed by atoms with Gasteiger partial charge in [-0.1, -0.05) is 12.7 Å². The number of rotatable bonds is 3. The van der Waals surface area contributed by atoms with Crippen LogP contribution in [0.15, 0.2) is 24.9 Å². The molecule has 2 heteroatoms. The summed E-state index contributed by atoms with van der Waals surface area (Å²) in [6.45, 7) is 7.63. The van der Waals surface area contributed by atoms with Gasteiger partial charge in [-0.25, -0.2) is 4.98 Å². The summed E-state index contributed by atoms with van der Waals surface area (Å²) >= 11 is 0. The summed E-state index contributed by atoms with van der Waals surface area (Å²) in [7, 11) is 0. The van der Waals surface area contributed by atoms with E-state index in [0.29, 0.717) is 5.88 Å². The summed E-state index contributed by atoms with van der Waals surface area (Å²) in [5.41, 5.74) is 0.936. The molecule has 0 unspecified atom stereocenters. The maximum Gasteiger partial charge on any atom is 0.220 e. The van der Waals surface area contributed by atoms with Crippen molar-refractivity contribution in [3.8, 4) is 5.88 Å². The van der Waals surface area contributed by atoms with Crippen molar-refractivity contribution in [2.24, 2.45) is 0 Å². The van der Waals surface area contributed by atoms with Crippen LogP contribution in [0.3, 0.4) is 0 Å². The SMILES string of the molecule is C=Cc1cccnc1OC(C)C. The van der Waals surface area contributed by atoms with E-state index in [1.54, 1.807) is 12.3 Å². The molecule has 0 bridgehead atoms. The predicted octanol–water partition coefficient (Wildman–Crippen LogP) is 2.51. The van der Waals surface area contributed by atoms with E-state index in [9.17, 15) is 0 Å². The minimum absolute atomic E-state index is 0.151. The third-order valence-electron chi connectivity index (χ3n) is 1.37. The van der Waals surface area contributed by atoms with E-state index >= 15 is 0 Å². The first-order chi connectivity index (χ1) is 5.74. The van der Waals surface area contributed by atoms with Crippen LogP contribution in [0.2, 0.25) is 0 Å². The Morgan fingerprint density at radius 1 is 1.58 bits per heavy atom. The van der Waals surface area contributed by atoms with E-state index < -0.39 is 0 Å². The van der Waals surface area contributed by atoms with Crippen LogP contribution in [-0.2, 0) is 0 Å². The molecule has 1 aromatic heterocycles. The number of nitrogens with zero attached hydrogens (tertiary/aromatic N) is 1. The summed E-state index contributed by atoms with van der Waals surface area (Å²) in [5.74, 6) is 0.655. The van der Waals surface area contributed by atoms with Gasteiger partial charge >= 0.3 is 0 Å². The monoisotopic (exact) mass is 163 g/mol. The first-order valence-electron chi connectivity index (χ1n) is 3.98. The average molecular weight is 163 g/mol. The molecule has 0 aliphatic rings. The van der Waals surface area contributed by atoms with E-state index in [1.807, 2.05) is 26.0 Å². The van der Waals surface area contributed by atoms with Crippen LogP contribution in [0.25, 0.3) is 6.08 Å². The highest BCUT2D eigenvalue weighted by Gasteiger charge is 2.02. The molecule has 0 N–H and O–H groups in total. The Balaban J connectivity index is 2.89. The summed E-state index contributed by atoms with van der Waals surface area (Å²) in [6.07, 6.45) is 3.61. The standard InChI is InChI=1S/C10H13NO/c1-4-9-6-5-7-11-10(9)12-8(2)3/h4-8H,1H2,2-3H3. The molecule has 0 aliphatic heterocycles. The minimum atomic E-state index is 0.151. The first-order valence-corrected chi connectivity index (χ1v) is 3.98. The van der Waals surface area contributed by atoms with Crippen LogP contribution in [-0.4, -0.2) is 11.1 Å². The lowest BCUT2D eigenvalue weighted by Crippen LogP contribution is -2.07. The second kappa shape index (κ2) is 3.90. The Labute approximate surface area is 72.9 Å². The zero-order chi connectivity index (χ0) is 8.97. The maximum absolute atomic E-state index is 5.45. The maximum atomic E-state index is 5.45. The lowest BCUT2D eigenvalue weighted by molar-refractivity contribution is 0.232. The molecule has 0 aromatic carbocycles. The minimum Gasteiger partial charge on any atom is -0.475 e. The van der Waals surface area contributed by atoms with Crippen molar-refractivity contribution in [2.75, 3.05) is 0 Å². The molecular formula is C10H13NO. The van der Waals surface area contributed by atoms with E-state index in [1.165, 1.54) is 0 Å². The molecule has 0 atom stereocenters. The molecule has 0 radical (unpaired) electrons. The van der Waals surface area contributed by atoms with Crippen LogP contribution in [0.1, 0.15) is 19.4 Å². The van der Waals surface area contributed by atoms with Crippen molar-refractivity contribution >= 4 is 6.08 Å². The van der Waals surface area contributed by atoms with Crippen LogP contribution < -0.4 is 4.74 Å². The van der Waals surface area contributed by atoms with E-state index in [-0.39, 0.29) is 6.10 Å². The van der Waals surface area contributed by atoms with Gasteiger partial charge in [-0.05, 0) is 26.0 Å². The highest BCUT2D eigenvalue weighted by atomic mass is 16.5. The van der Waals surface area contributed by atoms with Gasteiger partial charge in [0.15, 0.2) is 0 Å². The van der Waals surface area contributed by atoms with Crippen LogP contribution in [0, 0.1) is 0 Å². The molecule has 64 valence electrons. The lowest BCUT2D eigenvalue weighted by atomic mass is 10.3. The van der Waals surface area contributed by atoms with Crippen molar-refractivity contribution < 1.29 is 4.74 Å². The summed E-state index contributed by atoms with van der Waals surface area (Å²) in [6, 6.07) is 3.79. The molecule has 0 amide bonds. The fourth-order valence-electron chi connectivity index (χ4n) is 0.880. The Bertz CT molecular complexity index is 268. The van der Waals surface area contributed by atoms with Crippen LogP contribution in [0.4, 0.5) is 0 Å². The van der Waals surface area contributed by atoms with Gasteiger partial charge in [-0.15, -0.1) is 0 Å². The topological polar surface area (TPSA) is 22.1 Å². The molecule has 0 saturated carbocycles. The molecule has 0 saturated heterocycles. The van der Waals surface area contributed by atoms with E-state index in [4.69, 9.17) is 4.74 Å². The number of aromatic nitrogens is 1. The Morgan fingerprint density at radius 2 is 2.33 bits per heavy atom. The van der Waals surface area contributed by atoms with Gasteiger partial charge in [0, 0.05) is 11.8 Å². The number of pyridine rings is 1. The largest absolute Gasteiger partial charge is 0.475 e. The molecule has 0 spiro atoms. The third-order valence-corrected chi connectivity index (χ3v) is 1.37. The summed E-state index contributed by atoms with van der Waals surface area (Å²) in [5, 5.41) is 0. The highest BCUT2D eigenvalue weighted by Crippen LogP contribution is 2.16. The second-order valence-electron chi connectivity index (χ2n) is 2.77. The van der Waals surface area contributed by atoms with Gasteiger partial charge in [0.05, 0.1) is 6.10 Å². The van der Waals surface area contributed by atoms with Crippen molar-refractivity contribution in [3.05, 3.63) is 30.5 Å². The predicted molar refractivity (Wildman–Crippen MR) is 50.1 cm³/mol. The Kier molecular flexibility index (Phi) is 2.86. The lowest BCUT2D eigenvalue weighted by Gasteiger charge is -2.09. The normalized spacial score (nSPS) is 9.92. The van der Waals surface area contributed by atoms with Gasteiger partial charge in [-0.2, -0.15) is 0 Å². The summed E-state index contributed by atoms with van der Waals surface area (Å²) < 4.78 is 5.45. The Hall–Kier alpha value is -1.31. The molecular weight excluding hydrogens is 150 g/mol. The van der Waals surface area contributed by atoms with Crippen molar-refractivity contribution in [1.29, 1.82) is 0 Å². The number of hydrogen-bond donors (Lipinski definition) is 0. The average Bonchev–Trinajstić information content (AvgIpc) is 2.04. The third kappa shape index (κ3) is 2.09. The fraction of sp³-hybridized carbons (Fsp3) is 0.300. The fourth-order valence-corrected chi connectivity index (χ4v) is 0.880. The molecule has 2 nitrogen and oxygen atoms in total. The van der Waals surface area contributed by atoms with Gasteiger partial charge in [0.25, 0.3) is 0 Å². The molecule has 0 aliphatic carbocycles. The van der Waals surface area contributed by atoms with Gasteiger partial charge < -0.3 is 4.74 Å². The van der Waals surface area contributed by atoms with Crippen LogP contribution >= 0.6 is 0 Å². The second-order valence-corrected chi connectivity index (χ2v) is 2.77. The van der Waals surface area contributed by atoms with Gasteiger partial charge in [-0.3, -0.25) is 0 Å². The van der Waals surface area contributed by atoms with Gasteiger partial charge in [0.1, 0.15) is 0 Å². The molecule has 12 heavy (non-hydrogen) atoms. The van der Waals surface area contributed by atoms with Gasteiger partial charge in [0.2, 0.25) is 5.88 Å². The van der Waals surface area contributed by atoms with E-state index in [0.717, 1.165) is 5.56 Å². The number of ether oxygens (including phenoxy) is 1. The molecule has 0 fully saturated rings. The Morgan fingerprint density at radius 3 is 2.92 bits per heavy atom. The zero-order valence-corrected chi connectivity index (χ0v) is 7.45. The van der Waals surface area contributed by atoms with Crippen LogP contribution in [0.5, 0.6) is 5.88 Å². The number of hydrogen-bond acceptors (Lipinski definition) is 2. The smallest absolute Gasteiger partial charge is 0.220 e. The van der Waals surface area contributed by atoms with Crippen molar-refractivity contribution in [1.82, 2.24) is 4.98 Å². The highest BCUT2D eigenvalue weighted by molar-refractivity contribution is 5.52. The summed E-state index contributed by atoms with van der Waals surface area (Å²) in [4.78, 5) is 4.10. The van der Waals surface area contributed by atoms with Crippen molar-refractivity contribution in [3.63, 3.8) is 0 Å². The first kappa shape index (κ1) is 8.78. The quantitative estimate of drug-likeness (QED) is 0.683. The molecule has 1 aromatic rings. The van der Waals surface area contributed by atoms with E-state index in [2.05, 4.69) is 11.6 Å². The zero-order valence-electron chi connectivity index (χ0n) is 7.45. The molecule has 1 rings (SSSR count). The molecule has 1 heterocycles.